The van der Waals surface area contributed by atoms with Crippen LogP contribution in [0.4, 0.5) is 0 Å². The van der Waals surface area contributed by atoms with E-state index in [2.05, 4.69) is 10.6 Å². The Morgan fingerprint density at radius 1 is 0.849 bits per heavy atom. The van der Waals surface area contributed by atoms with Crippen LogP contribution in [0, 0.1) is 10.8 Å². The molecular formula is C38H56N3O10PS. The zero-order chi connectivity index (χ0) is 39.6. The molecule has 2 N–H and O–H groups in total. The number of hydrogen-bond donors (Lipinski definition) is 2. The summed E-state index contributed by atoms with van der Waals surface area (Å²) in [5, 5.41) is 7.99. The minimum absolute atomic E-state index is 0.172. The standard InChI is InChI=1S/C38H56N3O10PS/c1-36(2,3)34(45)48-23-50-52(47,51-24-49-35(46)37(4,5)6)25-53-22-31(42)41-19-13-12-16-30(41)33(44)39-29(32(43)40-38(7,8)9)21-26-17-18-27-14-10-11-15-28(27)20-26/h10-11,14-15,17-18,20,29-30H,12-13,16,19,21-25H2,1-9H3,(H,39,44)(H,40,43)/t29-,30-/m0/s1. The third-order valence-electron chi connectivity index (χ3n) is 8.09. The molecule has 0 aliphatic carbocycles. The first-order valence-corrected chi connectivity index (χ1v) is 20.7. The maximum Gasteiger partial charge on any atom is 0.346 e. The van der Waals surface area contributed by atoms with E-state index in [-0.39, 0.29) is 29.5 Å². The second kappa shape index (κ2) is 18.7. The number of ether oxygens (including phenoxy) is 2. The quantitative estimate of drug-likeness (QED) is 0.121. The summed E-state index contributed by atoms with van der Waals surface area (Å²) >= 11 is 0.951. The first kappa shape index (κ1) is 44.0. The molecule has 1 aliphatic rings. The van der Waals surface area contributed by atoms with Gasteiger partial charge >= 0.3 is 19.5 Å². The molecule has 13 nitrogen and oxygen atoms in total. The lowest BCUT2D eigenvalue weighted by molar-refractivity contribution is -0.162. The summed E-state index contributed by atoms with van der Waals surface area (Å²) in [5.74, 6) is -2.48. The summed E-state index contributed by atoms with van der Waals surface area (Å²) in [6.45, 7) is 14.5. The van der Waals surface area contributed by atoms with Crippen LogP contribution in [0.15, 0.2) is 42.5 Å². The van der Waals surface area contributed by atoms with Gasteiger partial charge in [0.25, 0.3) is 0 Å². The molecule has 15 heteroatoms. The first-order chi connectivity index (χ1) is 24.6. The van der Waals surface area contributed by atoms with Gasteiger partial charge in [0.1, 0.15) is 12.1 Å². The van der Waals surface area contributed by atoms with Gasteiger partial charge < -0.3 is 25.0 Å². The van der Waals surface area contributed by atoms with E-state index in [0.717, 1.165) is 34.5 Å². The summed E-state index contributed by atoms with van der Waals surface area (Å²) in [6.07, 6.45) is 2.07. The topological polar surface area (TPSA) is 167 Å². The van der Waals surface area contributed by atoms with Crippen LogP contribution in [-0.4, -0.2) is 83.6 Å². The predicted octanol–water partition coefficient (Wildman–Crippen LogP) is 6.17. The highest BCUT2D eigenvalue weighted by Gasteiger charge is 2.36. The molecule has 53 heavy (non-hydrogen) atoms. The van der Waals surface area contributed by atoms with Gasteiger partial charge in [-0.2, -0.15) is 0 Å². The second-order valence-electron chi connectivity index (χ2n) is 16.2. The first-order valence-electron chi connectivity index (χ1n) is 17.8. The van der Waals surface area contributed by atoms with Gasteiger partial charge in [-0.3, -0.25) is 37.6 Å². The van der Waals surface area contributed by atoms with Gasteiger partial charge in [0.2, 0.25) is 31.3 Å². The van der Waals surface area contributed by atoms with Crippen LogP contribution in [0.25, 0.3) is 10.8 Å². The molecule has 0 unspecified atom stereocenters. The fourth-order valence-corrected chi connectivity index (χ4v) is 7.93. The van der Waals surface area contributed by atoms with Crippen molar-refractivity contribution in [3.8, 4) is 0 Å². The molecular weight excluding hydrogens is 721 g/mol. The Morgan fingerprint density at radius 2 is 1.43 bits per heavy atom. The Hall–Kier alpha value is -3.45. The van der Waals surface area contributed by atoms with Crippen LogP contribution < -0.4 is 10.6 Å². The van der Waals surface area contributed by atoms with E-state index in [1.54, 1.807) is 41.5 Å². The zero-order valence-corrected chi connectivity index (χ0v) is 34.2. The van der Waals surface area contributed by atoms with Crippen molar-refractivity contribution >= 4 is 59.8 Å². The van der Waals surface area contributed by atoms with Crippen molar-refractivity contribution in [1.29, 1.82) is 0 Å². The normalized spacial score (nSPS) is 16.1. The molecule has 0 radical (unpaired) electrons. The van der Waals surface area contributed by atoms with E-state index in [1.807, 2.05) is 63.2 Å². The number of thioether (sulfide) groups is 1. The number of fused-ring (bicyclic) bond motifs is 1. The molecule has 1 saturated heterocycles. The SMILES string of the molecule is CC(C)(C)NC(=O)[C@H](Cc1ccc2ccccc2c1)NC(=O)[C@@H]1CCCCN1C(=O)CSCP(=O)(OCOC(=O)C(C)(C)C)OCOC(=O)C(C)(C)C. The molecule has 2 aromatic carbocycles. The van der Waals surface area contributed by atoms with Gasteiger partial charge in [-0.05, 0) is 97.9 Å². The van der Waals surface area contributed by atoms with Gasteiger partial charge in [-0.15, -0.1) is 11.8 Å². The number of piperidine rings is 1. The summed E-state index contributed by atoms with van der Waals surface area (Å²) in [6, 6.07) is 12.1. The number of carbonyl (C=O) groups is 5. The highest BCUT2D eigenvalue weighted by atomic mass is 32.2. The summed E-state index contributed by atoms with van der Waals surface area (Å²) in [4.78, 5) is 66.9. The molecule has 0 bridgehead atoms. The molecule has 0 saturated carbocycles. The van der Waals surface area contributed by atoms with E-state index >= 15 is 0 Å². The van der Waals surface area contributed by atoms with E-state index < -0.39 is 67.5 Å². The minimum Gasteiger partial charge on any atom is -0.438 e. The minimum atomic E-state index is -4.05. The summed E-state index contributed by atoms with van der Waals surface area (Å²) in [5.41, 5.74) is -1.65. The van der Waals surface area contributed by atoms with Gasteiger partial charge in [0, 0.05) is 18.5 Å². The Balaban J connectivity index is 1.69. The smallest absolute Gasteiger partial charge is 0.346 e. The van der Waals surface area contributed by atoms with Crippen LogP contribution in [-0.2, 0) is 53.5 Å². The van der Waals surface area contributed by atoms with E-state index in [1.165, 1.54) is 4.90 Å². The molecule has 1 aliphatic heterocycles. The molecule has 1 heterocycles. The van der Waals surface area contributed by atoms with Crippen molar-refractivity contribution in [3.05, 3.63) is 48.0 Å². The molecule has 294 valence electrons. The van der Waals surface area contributed by atoms with E-state index in [0.29, 0.717) is 19.4 Å². The number of nitrogens with one attached hydrogen (secondary N) is 2. The lowest BCUT2D eigenvalue weighted by atomic mass is 9.98. The Morgan fingerprint density at radius 3 is 2.00 bits per heavy atom. The lowest BCUT2D eigenvalue weighted by Gasteiger charge is -2.36. The zero-order valence-electron chi connectivity index (χ0n) is 32.4. The molecule has 3 rings (SSSR count). The van der Waals surface area contributed by atoms with E-state index in [9.17, 15) is 28.5 Å². The van der Waals surface area contributed by atoms with Crippen molar-refractivity contribution in [1.82, 2.24) is 15.5 Å². The Labute approximate surface area is 317 Å². The van der Waals surface area contributed by atoms with Crippen LogP contribution in [0.2, 0.25) is 0 Å². The average molecular weight is 778 g/mol. The molecule has 2 atom stereocenters. The molecule has 2 aromatic rings. The Bertz CT molecular complexity index is 1630. The number of rotatable bonds is 15. The van der Waals surface area contributed by atoms with Crippen molar-refractivity contribution in [2.24, 2.45) is 10.8 Å². The maximum atomic E-state index is 13.9. The highest BCUT2D eigenvalue weighted by molar-refractivity contribution is 8.05. The third kappa shape index (κ3) is 14.4. The van der Waals surface area contributed by atoms with Gasteiger partial charge in [-0.1, -0.05) is 42.5 Å². The van der Waals surface area contributed by atoms with Crippen LogP contribution >= 0.6 is 19.4 Å². The van der Waals surface area contributed by atoms with Gasteiger partial charge in [0.05, 0.1) is 22.1 Å². The molecule has 3 amide bonds. The number of carbonyl (C=O) groups excluding carboxylic acids is 5. The number of benzene rings is 2. The van der Waals surface area contributed by atoms with Gasteiger partial charge in [0.15, 0.2) is 0 Å². The largest absolute Gasteiger partial charge is 0.438 e. The van der Waals surface area contributed by atoms with E-state index in [4.69, 9.17) is 18.5 Å². The third-order valence-corrected chi connectivity index (χ3v) is 11.5. The summed E-state index contributed by atoms with van der Waals surface area (Å²) in [7, 11) is -4.05. The second-order valence-corrected chi connectivity index (χ2v) is 19.7. The van der Waals surface area contributed by atoms with Crippen molar-refractivity contribution in [2.75, 3.05) is 31.4 Å². The fourth-order valence-electron chi connectivity index (χ4n) is 5.23. The molecule has 1 fully saturated rings. The molecule has 0 aromatic heterocycles. The van der Waals surface area contributed by atoms with Crippen molar-refractivity contribution in [2.45, 2.75) is 106 Å². The summed E-state index contributed by atoms with van der Waals surface area (Å²) < 4.78 is 34.6. The van der Waals surface area contributed by atoms with Crippen molar-refractivity contribution in [3.63, 3.8) is 0 Å². The fraction of sp³-hybridized carbons (Fsp3) is 0.605. The highest BCUT2D eigenvalue weighted by Crippen LogP contribution is 2.51. The maximum absolute atomic E-state index is 13.9. The number of nitrogens with zero attached hydrogens (tertiary/aromatic N) is 1. The van der Waals surface area contributed by atoms with Crippen LogP contribution in [0.1, 0.15) is 87.1 Å². The Kier molecular flexibility index (Phi) is 15.5. The number of esters is 2. The van der Waals surface area contributed by atoms with Crippen LogP contribution in [0.5, 0.6) is 0 Å². The number of likely N-dealkylation sites (tertiary alicyclic amines) is 1. The predicted molar refractivity (Wildman–Crippen MR) is 205 cm³/mol. The molecule has 0 spiro atoms. The lowest BCUT2D eigenvalue weighted by Crippen LogP contribution is -2.58. The van der Waals surface area contributed by atoms with Crippen molar-refractivity contribution < 1.29 is 47.1 Å². The van der Waals surface area contributed by atoms with Gasteiger partial charge in [-0.25, -0.2) is 0 Å². The average Bonchev–Trinajstić information content (AvgIpc) is 3.06. The van der Waals surface area contributed by atoms with Crippen LogP contribution in [0.3, 0.4) is 0 Å². The number of hydrogen-bond acceptors (Lipinski definition) is 11. The monoisotopic (exact) mass is 777 g/mol. The number of amides is 3.